The minimum absolute atomic E-state index is 0.476. The molecule has 0 unspecified atom stereocenters. The second-order valence-electron chi connectivity index (χ2n) is 3.48. The monoisotopic (exact) mass is 286 g/mol. The predicted octanol–water partition coefficient (Wildman–Crippen LogP) is 2.36. The predicted molar refractivity (Wildman–Crippen MR) is 62.5 cm³/mol. The molecule has 0 aromatic carbocycles. The minimum atomic E-state index is 0.476. The normalized spacial score (nSPS) is 15.7. The van der Waals surface area contributed by atoms with E-state index in [4.69, 9.17) is 11.6 Å². The van der Waals surface area contributed by atoms with E-state index in [2.05, 4.69) is 30.8 Å². The first-order valence-corrected chi connectivity index (χ1v) is 5.87. The van der Waals surface area contributed by atoms with Gasteiger partial charge in [0.25, 0.3) is 0 Å². The van der Waals surface area contributed by atoms with Gasteiger partial charge >= 0.3 is 0 Å². The van der Waals surface area contributed by atoms with Crippen LogP contribution in [0.4, 0.5) is 5.95 Å². The number of halogens is 2. The smallest absolute Gasteiger partial charge is 0.211 e. The quantitative estimate of drug-likeness (QED) is 0.807. The highest BCUT2D eigenvalue weighted by molar-refractivity contribution is 9.10. The lowest BCUT2D eigenvalue weighted by Crippen LogP contribution is -2.38. The molecule has 78 valence electrons. The van der Waals surface area contributed by atoms with E-state index in [1.807, 2.05) is 10.6 Å². The molecular weight excluding hydrogens is 279 g/mol. The zero-order valence-corrected chi connectivity index (χ0v) is 10.2. The van der Waals surface area contributed by atoms with Crippen molar-refractivity contribution in [1.29, 1.82) is 0 Å². The van der Waals surface area contributed by atoms with Gasteiger partial charge in [-0.25, -0.2) is 9.97 Å². The first-order chi connectivity index (χ1) is 7.27. The SMILES string of the molecule is Clc1nccn2c(N3CCC3)nc(Br)c12. The Bertz CT molecular complexity index is 520. The van der Waals surface area contributed by atoms with Crippen LogP contribution in [0.25, 0.3) is 5.52 Å². The average Bonchev–Trinajstić information content (AvgIpc) is 2.43. The third kappa shape index (κ3) is 1.33. The van der Waals surface area contributed by atoms with Gasteiger partial charge in [-0.15, -0.1) is 0 Å². The highest BCUT2D eigenvalue weighted by atomic mass is 79.9. The lowest BCUT2D eigenvalue weighted by Gasteiger charge is -2.31. The lowest BCUT2D eigenvalue weighted by molar-refractivity contribution is 0.599. The Labute approximate surface area is 100 Å². The van der Waals surface area contributed by atoms with Crippen LogP contribution >= 0.6 is 27.5 Å². The van der Waals surface area contributed by atoms with E-state index >= 15 is 0 Å². The molecule has 2 aromatic rings. The standard InChI is InChI=1S/C9H8BrClN4/c10-7-6-8(11)12-2-5-15(6)9(13-7)14-3-1-4-14/h2,5H,1,3-4H2. The van der Waals surface area contributed by atoms with Crippen LogP contribution in [0.5, 0.6) is 0 Å². The van der Waals surface area contributed by atoms with Gasteiger partial charge < -0.3 is 4.90 Å². The number of hydrogen-bond acceptors (Lipinski definition) is 3. The molecule has 1 fully saturated rings. The molecule has 1 saturated heterocycles. The molecule has 0 N–H and O–H groups in total. The van der Waals surface area contributed by atoms with Crippen LogP contribution in [-0.4, -0.2) is 27.5 Å². The summed E-state index contributed by atoms with van der Waals surface area (Å²) >= 11 is 9.43. The van der Waals surface area contributed by atoms with E-state index in [1.165, 1.54) is 6.42 Å². The molecular formula is C9H8BrClN4. The van der Waals surface area contributed by atoms with Gasteiger partial charge in [0.1, 0.15) is 10.1 Å². The molecule has 0 saturated carbocycles. The van der Waals surface area contributed by atoms with Crippen LogP contribution in [-0.2, 0) is 0 Å². The van der Waals surface area contributed by atoms with Crippen molar-refractivity contribution >= 4 is 39.0 Å². The van der Waals surface area contributed by atoms with Crippen molar-refractivity contribution in [2.45, 2.75) is 6.42 Å². The molecule has 0 bridgehead atoms. The van der Waals surface area contributed by atoms with E-state index < -0.39 is 0 Å². The van der Waals surface area contributed by atoms with E-state index in [1.54, 1.807) is 6.20 Å². The van der Waals surface area contributed by atoms with Crippen molar-refractivity contribution in [3.8, 4) is 0 Å². The second-order valence-corrected chi connectivity index (χ2v) is 4.59. The Hall–Kier alpha value is -0.810. The number of aromatic nitrogens is 3. The van der Waals surface area contributed by atoms with Gasteiger partial charge in [-0.3, -0.25) is 4.40 Å². The fourth-order valence-electron chi connectivity index (χ4n) is 1.69. The van der Waals surface area contributed by atoms with Crippen LogP contribution in [0.2, 0.25) is 5.15 Å². The van der Waals surface area contributed by atoms with Gasteiger partial charge in [-0.05, 0) is 22.4 Å². The van der Waals surface area contributed by atoms with E-state index in [0.29, 0.717) is 5.15 Å². The van der Waals surface area contributed by atoms with Crippen molar-refractivity contribution in [3.63, 3.8) is 0 Å². The highest BCUT2D eigenvalue weighted by Gasteiger charge is 2.21. The molecule has 1 aliphatic heterocycles. The van der Waals surface area contributed by atoms with E-state index in [-0.39, 0.29) is 0 Å². The summed E-state index contributed by atoms with van der Waals surface area (Å²) in [5.74, 6) is 0.937. The number of nitrogens with zero attached hydrogens (tertiary/aromatic N) is 4. The van der Waals surface area contributed by atoms with Crippen LogP contribution < -0.4 is 4.90 Å². The number of rotatable bonds is 1. The number of anilines is 1. The van der Waals surface area contributed by atoms with Gasteiger partial charge in [-0.1, -0.05) is 11.6 Å². The Kier molecular flexibility index (Phi) is 2.10. The molecule has 2 aromatic heterocycles. The molecule has 15 heavy (non-hydrogen) atoms. The van der Waals surface area contributed by atoms with Crippen molar-refractivity contribution in [1.82, 2.24) is 14.4 Å². The average molecular weight is 288 g/mol. The summed E-state index contributed by atoms with van der Waals surface area (Å²) in [6.45, 7) is 2.12. The summed E-state index contributed by atoms with van der Waals surface area (Å²) in [7, 11) is 0. The minimum Gasteiger partial charge on any atom is -0.342 e. The summed E-state index contributed by atoms with van der Waals surface area (Å²) in [4.78, 5) is 10.7. The van der Waals surface area contributed by atoms with Gasteiger partial charge in [0.05, 0.1) is 0 Å². The first kappa shape index (κ1) is 9.42. The van der Waals surface area contributed by atoms with Gasteiger partial charge in [0.15, 0.2) is 5.15 Å². The van der Waals surface area contributed by atoms with Crippen molar-refractivity contribution in [2.24, 2.45) is 0 Å². The zero-order chi connectivity index (χ0) is 10.4. The van der Waals surface area contributed by atoms with E-state index in [0.717, 1.165) is 29.2 Å². The summed E-state index contributed by atoms with van der Waals surface area (Å²) in [6.07, 6.45) is 4.80. The van der Waals surface area contributed by atoms with Crippen LogP contribution in [0.1, 0.15) is 6.42 Å². The fourth-order valence-corrected chi connectivity index (χ4v) is 2.57. The molecule has 0 radical (unpaired) electrons. The molecule has 0 aliphatic carbocycles. The molecule has 0 atom stereocenters. The van der Waals surface area contributed by atoms with Crippen LogP contribution in [0.15, 0.2) is 17.0 Å². The van der Waals surface area contributed by atoms with Gasteiger partial charge in [0.2, 0.25) is 5.95 Å². The topological polar surface area (TPSA) is 33.4 Å². The maximum Gasteiger partial charge on any atom is 0.211 e. The second kappa shape index (κ2) is 3.35. The van der Waals surface area contributed by atoms with Gasteiger partial charge in [0, 0.05) is 25.5 Å². The maximum absolute atomic E-state index is 6.02. The fraction of sp³-hybridized carbons (Fsp3) is 0.333. The number of imidazole rings is 1. The van der Waals surface area contributed by atoms with Crippen molar-refractivity contribution in [3.05, 3.63) is 22.1 Å². The number of fused-ring (bicyclic) bond motifs is 1. The van der Waals surface area contributed by atoms with Crippen LogP contribution in [0.3, 0.4) is 0 Å². The van der Waals surface area contributed by atoms with Crippen molar-refractivity contribution in [2.75, 3.05) is 18.0 Å². The highest BCUT2D eigenvalue weighted by Crippen LogP contribution is 2.29. The summed E-state index contributed by atoms with van der Waals surface area (Å²) in [6, 6.07) is 0. The maximum atomic E-state index is 6.02. The summed E-state index contributed by atoms with van der Waals surface area (Å²) < 4.78 is 2.72. The molecule has 6 heteroatoms. The summed E-state index contributed by atoms with van der Waals surface area (Å²) in [5, 5.41) is 0.476. The van der Waals surface area contributed by atoms with Gasteiger partial charge in [-0.2, -0.15) is 0 Å². The van der Waals surface area contributed by atoms with E-state index in [9.17, 15) is 0 Å². The summed E-state index contributed by atoms with van der Waals surface area (Å²) in [5.41, 5.74) is 0.834. The third-order valence-electron chi connectivity index (χ3n) is 2.59. The van der Waals surface area contributed by atoms with Crippen LogP contribution in [0, 0.1) is 0 Å². The number of hydrogen-bond donors (Lipinski definition) is 0. The molecule has 3 rings (SSSR count). The molecule has 1 aliphatic rings. The lowest BCUT2D eigenvalue weighted by atomic mass is 10.2. The third-order valence-corrected chi connectivity index (χ3v) is 3.42. The zero-order valence-electron chi connectivity index (χ0n) is 7.82. The molecule has 4 nitrogen and oxygen atoms in total. The Morgan fingerprint density at radius 3 is 2.87 bits per heavy atom. The largest absolute Gasteiger partial charge is 0.342 e. The molecule has 0 amide bonds. The molecule has 3 heterocycles. The molecule has 0 spiro atoms. The Morgan fingerprint density at radius 2 is 2.20 bits per heavy atom. The Morgan fingerprint density at radius 1 is 1.40 bits per heavy atom. The Balaban J connectivity index is 2.27. The van der Waals surface area contributed by atoms with Crippen molar-refractivity contribution < 1.29 is 0 Å². The first-order valence-electron chi connectivity index (χ1n) is 4.70.